The van der Waals surface area contributed by atoms with E-state index in [-0.39, 0.29) is 5.91 Å². The monoisotopic (exact) mass is 294 g/mol. The van der Waals surface area contributed by atoms with Gasteiger partial charge in [-0.3, -0.25) is 14.4 Å². The predicted molar refractivity (Wildman–Crippen MR) is 82.2 cm³/mol. The van der Waals surface area contributed by atoms with Gasteiger partial charge in [0.1, 0.15) is 0 Å². The first-order valence-electron chi connectivity index (χ1n) is 6.85. The molecule has 0 aliphatic carbocycles. The van der Waals surface area contributed by atoms with Crippen LogP contribution in [0.3, 0.4) is 0 Å². The third-order valence-electron chi connectivity index (χ3n) is 3.73. The van der Waals surface area contributed by atoms with Gasteiger partial charge in [0, 0.05) is 7.05 Å². The minimum absolute atomic E-state index is 0.303. The summed E-state index contributed by atoms with van der Waals surface area (Å²) in [5, 5.41) is 2.53. The van der Waals surface area contributed by atoms with Gasteiger partial charge in [-0.25, -0.2) is 4.90 Å². The van der Waals surface area contributed by atoms with Crippen molar-refractivity contribution in [3.63, 3.8) is 0 Å². The van der Waals surface area contributed by atoms with Gasteiger partial charge < -0.3 is 5.32 Å². The number of aryl methyl sites for hydroxylation is 1. The number of nitrogens with zero attached hydrogens (tertiary/aromatic N) is 1. The normalized spacial score (nSPS) is 13.3. The Morgan fingerprint density at radius 2 is 1.55 bits per heavy atom. The van der Waals surface area contributed by atoms with E-state index in [0.717, 1.165) is 4.90 Å². The van der Waals surface area contributed by atoms with Crippen LogP contribution in [-0.2, 0) is 0 Å². The summed E-state index contributed by atoms with van der Waals surface area (Å²) in [6.07, 6.45) is 0. The van der Waals surface area contributed by atoms with E-state index >= 15 is 0 Å². The molecule has 1 heterocycles. The maximum Gasteiger partial charge on any atom is 0.266 e. The second-order valence-corrected chi connectivity index (χ2v) is 5.04. The number of rotatable bonds is 2. The van der Waals surface area contributed by atoms with Crippen molar-refractivity contribution in [1.29, 1.82) is 0 Å². The Bertz CT molecular complexity index is 776. The fourth-order valence-electron chi connectivity index (χ4n) is 2.67. The lowest BCUT2D eigenvalue weighted by molar-refractivity contribution is 0.0926. The number of para-hydroxylation sites is 1. The molecule has 0 radical (unpaired) electrons. The van der Waals surface area contributed by atoms with Crippen LogP contribution < -0.4 is 10.2 Å². The molecule has 2 aromatic rings. The van der Waals surface area contributed by atoms with Crippen molar-refractivity contribution in [1.82, 2.24) is 5.32 Å². The average molecular weight is 294 g/mol. The van der Waals surface area contributed by atoms with Gasteiger partial charge in [-0.2, -0.15) is 0 Å². The van der Waals surface area contributed by atoms with Crippen molar-refractivity contribution in [2.75, 3.05) is 11.9 Å². The van der Waals surface area contributed by atoms with E-state index in [1.165, 1.54) is 7.05 Å². The van der Waals surface area contributed by atoms with Crippen LogP contribution in [0.4, 0.5) is 5.69 Å². The second kappa shape index (κ2) is 5.11. The smallest absolute Gasteiger partial charge is 0.266 e. The summed E-state index contributed by atoms with van der Waals surface area (Å²) in [6, 6.07) is 11.8. The van der Waals surface area contributed by atoms with Crippen molar-refractivity contribution < 1.29 is 14.4 Å². The zero-order valence-electron chi connectivity index (χ0n) is 12.2. The SMILES string of the molecule is CNC(=O)c1cccc(C)c1N1C(=O)c2ccccc2C1=O. The van der Waals surface area contributed by atoms with Crippen LogP contribution in [0.15, 0.2) is 42.5 Å². The molecule has 2 aromatic carbocycles. The highest BCUT2D eigenvalue weighted by Gasteiger charge is 2.38. The van der Waals surface area contributed by atoms with Gasteiger partial charge in [-0.05, 0) is 30.7 Å². The second-order valence-electron chi connectivity index (χ2n) is 5.04. The molecule has 1 aliphatic heterocycles. The van der Waals surface area contributed by atoms with E-state index in [2.05, 4.69) is 5.32 Å². The molecule has 0 aromatic heterocycles. The predicted octanol–water partition coefficient (Wildman–Crippen LogP) is 2.16. The highest BCUT2D eigenvalue weighted by Crippen LogP contribution is 2.33. The number of anilines is 1. The maximum absolute atomic E-state index is 12.6. The molecule has 1 aliphatic rings. The lowest BCUT2D eigenvalue weighted by Crippen LogP contribution is -2.33. The molecule has 3 rings (SSSR count). The largest absolute Gasteiger partial charge is 0.355 e. The number of carbonyl (C=O) groups is 3. The van der Waals surface area contributed by atoms with Crippen molar-refractivity contribution in [2.24, 2.45) is 0 Å². The minimum atomic E-state index is -0.403. The molecule has 0 saturated heterocycles. The molecular weight excluding hydrogens is 280 g/mol. The van der Waals surface area contributed by atoms with Gasteiger partial charge in [-0.1, -0.05) is 24.3 Å². The Balaban J connectivity index is 2.20. The summed E-state index contributed by atoms with van der Waals surface area (Å²) >= 11 is 0. The summed E-state index contributed by atoms with van der Waals surface area (Å²) in [6.45, 7) is 1.77. The average Bonchev–Trinajstić information content (AvgIpc) is 2.79. The zero-order valence-corrected chi connectivity index (χ0v) is 12.2. The third kappa shape index (κ3) is 1.90. The number of benzene rings is 2. The quantitative estimate of drug-likeness (QED) is 0.863. The van der Waals surface area contributed by atoms with Gasteiger partial charge in [0.25, 0.3) is 17.7 Å². The first kappa shape index (κ1) is 14.0. The molecular formula is C17H14N2O3. The summed E-state index contributed by atoms with van der Waals surface area (Å²) in [7, 11) is 1.51. The van der Waals surface area contributed by atoms with Gasteiger partial charge >= 0.3 is 0 Å². The van der Waals surface area contributed by atoms with Gasteiger partial charge in [0.15, 0.2) is 0 Å². The van der Waals surface area contributed by atoms with Crippen molar-refractivity contribution in [2.45, 2.75) is 6.92 Å². The molecule has 22 heavy (non-hydrogen) atoms. The van der Waals surface area contributed by atoms with E-state index < -0.39 is 11.8 Å². The van der Waals surface area contributed by atoms with Crippen molar-refractivity contribution in [3.8, 4) is 0 Å². The van der Waals surface area contributed by atoms with Gasteiger partial charge in [0.05, 0.1) is 22.4 Å². The van der Waals surface area contributed by atoms with E-state index in [9.17, 15) is 14.4 Å². The minimum Gasteiger partial charge on any atom is -0.355 e. The molecule has 0 unspecified atom stereocenters. The number of amides is 3. The zero-order chi connectivity index (χ0) is 15.9. The molecule has 3 amide bonds. The third-order valence-corrected chi connectivity index (χ3v) is 3.73. The lowest BCUT2D eigenvalue weighted by Gasteiger charge is -2.20. The molecule has 110 valence electrons. The number of fused-ring (bicyclic) bond motifs is 1. The Labute approximate surface area is 127 Å². The first-order chi connectivity index (χ1) is 10.6. The number of carbonyl (C=O) groups excluding carboxylic acids is 3. The Morgan fingerprint density at radius 3 is 2.09 bits per heavy atom. The number of hydrogen-bond donors (Lipinski definition) is 1. The highest BCUT2D eigenvalue weighted by molar-refractivity contribution is 6.35. The van der Waals surface area contributed by atoms with Crippen LogP contribution in [-0.4, -0.2) is 24.8 Å². The lowest BCUT2D eigenvalue weighted by atomic mass is 10.1. The topological polar surface area (TPSA) is 66.5 Å². The van der Waals surface area contributed by atoms with E-state index in [1.54, 1.807) is 49.4 Å². The number of imide groups is 1. The summed E-state index contributed by atoms with van der Waals surface area (Å²) in [5.74, 6) is -1.14. The highest BCUT2D eigenvalue weighted by atomic mass is 16.2. The molecule has 5 nitrogen and oxygen atoms in total. The molecule has 0 bridgehead atoms. The molecule has 1 N–H and O–H groups in total. The standard InChI is InChI=1S/C17H14N2O3/c1-10-6-5-9-13(15(20)18-2)14(10)19-16(21)11-7-3-4-8-12(11)17(19)22/h3-9H,1-2H3,(H,18,20). The summed E-state index contributed by atoms with van der Waals surface area (Å²) < 4.78 is 0. The van der Waals surface area contributed by atoms with Crippen LogP contribution in [0.2, 0.25) is 0 Å². The Kier molecular flexibility index (Phi) is 3.25. The van der Waals surface area contributed by atoms with Gasteiger partial charge in [-0.15, -0.1) is 0 Å². The van der Waals surface area contributed by atoms with Crippen LogP contribution in [0.5, 0.6) is 0 Å². The van der Waals surface area contributed by atoms with Crippen LogP contribution >= 0.6 is 0 Å². The number of hydrogen-bond acceptors (Lipinski definition) is 3. The molecule has 0 fully saturated rings. The molecule has 5 heteroatoms. The van der Waals surface area contributed by atoms with Crippen molar-refractivity contribution in [3.05, 3.63) is 64.7 Å². The van der Waals surface area contributed by atoms with Crippen LogP contribution in [0.25, 0.3) is 0 Å². The Hall–Kier alpha value is -2.95. The molecule has 0 saturated carbocycles. The van der Waals surface area contributed by atoms with E-state index in [4.69, 9.17) is 0 Å². The maximum atomic E-state index is 12.6. The first-order valence-corrected chi connectivity index (χ1v) is 6.85. The van der Waals surface area contributed by atoms with E-state index in [1.807, 2.05) is 0 Å². The molecule has 0 spiro atoms. The number of nitrogens with one attached hydrogen (secondary N) is 1. The molecule has 0 atom stereocenters. The fraction of sp³-hybridized carbons (Fsp3) is 0.118. The van der Waals surface area contributed by atoms with Crippen molar-refractivity contribution >= 4 is 23.4 Å². The fourth-order valence-corrected chi connectivity index (χ4v) is 2.67. The summed E-state index contributed by atoms with van der Waals surface area (Å²) in [4.78, 5) is 38.3. The Morgan fingerprint density at radius 1 is 0.955 bits per heavy atom. The van der Waals surface area contributed by atoms with Crippen LogP contribution in [0.1, 0.15) is 36.6 Å². The summed E-state index contributed by atoms with van der Waals surface area (Å²) in [5.41, 5.74) is 2.05. The van der Waals surface area contributed by atoms with E-state index in [0.29, 0.717) is 27.9 Å². The van der Waals surface area contributed by atoms with Gasteiger partial charge in [0.2, 0.25) is 0 Å². The van der Waals surface area contributed by atoms with Crippen LogP contribution in [0, 0.1) is 6.92 Å².